The van der Waals surface area contributed by atoms with Crippen LogP contribution >= 0.6 is 0 Å². The number of hydrogen-bond acceptors (Lipinski definition) is 1. The van der Waals surface area contributed by atoms with Crippen molar-refractivity contribution in [2.75, 3.05) is 0 Å². The summed E-state index contributed by atoms with van der Waals surface area (Å²) in [4.78, 5) is 10.8. The van der Waals surface area contributed by atoms with Gasteiger partial charge in [0, 0.05) is 6.42 Å². The number of carbonyl (C=O) groups is 1. The lowest BCUT2D eigenvalue weighted by atomic mass is 9.98. The third-order valence-corrected chi connectivity index (χ3v) is 5.10. The van der Waals surface area contributed by atoms with Crippen molar-refractivity contribution < 1.29 is 4.79 Å². The zero-order valence-corrected chi connectivity index (χ0v) is 16.8. The summed E-state index contributed by atoms with van der Waals surface area (Å²) in [6.45, 7) is 4.42. The van der Waals surface area contributed by atoms with E-state index in [0.717, 1.165) is 6.42 Å². The van der Waals surface area contributed by atoms with Gasteiger partial charge in [0.2, 0.25) is 5.91 Å². The smallest absolute Gasteiger partial charge is 0.217 e. The second-order valence-electron chi connectivity index (χ2n) is 7.87. The Kier molecular flexibility index (Phi) is 18.4. The monoisotopic (exact) mass is 339 g/mol. The third kappa shape index (κ3) is 19.5. The molecule has 0 aliphatic carbocycles. The van der Waals surface area contributed by atoms with Crippen molar-refractivity contribution in [1.29, 1.82) is 0 Å². The highest BCUT2D eigenvalue weighted by Crippen LogP contribution is 2.16. The summed E-state index contributed by atoms with van der Waals surface area (Å²) in [6.07, 6.45) is 24.2. The molecule has 2 nitrogen and oxygen atoms in total. The zero-order valence-electron chi connectivity index (χ0n) is 16.8. The Bertz CT molecular complexity index is 265. The minimum absolute atomic E-state index is 0.154. The quantitative estimate of drug-likeness (QED) is 0.249. The Labute approximate surface area is 152 Å². The number of amides is 1. The third-order valence-electron chi connectivity index (χ3n) is 5.10. The Morgan fingerprint density at radius 2 is 1.00 bits per heavy atom. The van der Waals surface area contributed by atoms with Crippen LogP contribution in [-0.4, -0.2) is 5.91 Å². The van der Waals surface area contributed by atoms with E-state index in [1.807, 2.05) is 0 Å². The lowest BCUT2D eigenvalue weighted by molar-refractivity contribution is -0.118. The molecular weight excluding hydrogens is 294 g/mol. The zero-order chi connectivity index (χ0) is 17.9. The maximum absolute atomic E-state index is 10.8. The fraction of sp³-hybridized carbons (Fsp3) is 0.955. The van der Waals surface area contributed by atoms with Gasteiger partial charge in [-0.3, -0.25) is 4.79 Å². The van der Waals surface area contributed by atoms with Crippen LogP contribution in [0.5, 0.6) is 0 Å². The summed E-state index contributed by atoms with van der Waals surface area (Å²) in [5.74, 6) is 0.313. The van der Waals surface area contributed by atoms with Crippen LogP contribution in [0.2, 0.25) is 0 Å². The molecule has 0 bridgehead atoms. The Morgan fingerprint density at radius 1 is 0.667 bits per heavy atom. The molecule has 2 N–H and O–H groups in total. The number of hydrogen-bond donors (Lipinski definition) is 1. The summed E-state index contributed by atoms with van der Waals surface area (Å²) in [5, 5.41) is 0. The number of primary amides is 1. The summed E-state index contributed by atoms with van der Waals surface area (Å²) in [6, 6.07) is 0. The Morgan fingerprint density at radius 3 is 1.33 bits per heavy atom. The summed E-state index contributed by atoms with van der Waals surface area (Å²) < 4.78 is 0. The van der Waals surface area contributed by atoms with Gasteiger partial charge in [0.05, 0.1) is 0 Å². The first-order valence-corrected chi connectivity index (χ1v) is 10.9. The molecule has 0 radical (unpaired) electrons. The van der Waals surface area contributed by atoms with E-state index in [0.29, 0.717) is 12.3 Å². The standard InChI is InChI=1S/C22H45NO/c1-3-4-5-6-7-8-9-10-11-12-13-14-15-16-17-18-19-21(2)20-22(23)24/h21H,3-20H2,1-2H3,(H2,23,24). The fourth-order valence-electron chi connectivity index (χ4n) is 3.49. The fourth-order valence-corrected chi connectivity index (χ4v) is 3.49. The molecule has 24 heavy (non-hydrogen) atoms. The van der Waals surface area contributed by atoms with E-state index in [4.69, 9.17) is 5.73 Å². The number of rotatable bonds is 19. The normalized spacial score (nSPS) is 12.4. The molecule has 0 aliphatic rings. The summed E-state index contributed by atoms with van der Waals surface area (Å²) in [5.41, 5.74) is 5.22. The van der Waals surface area contributed by atoms with Crippen LogP contribution in [0.1, 0.15) is 129 Å². The first-order valence-electron chi connectivity index (χ1n) is 10.9. The van der Waals surface area contributed by atoms with E-state index in [2.05, 4.69) is 13.8 Å². The minimum Gasteiger partial charge on any atom is -0.370 e. The van der Waals surface area contributed by atoms with Crippen molar-refractivity contribution in [3.63, 3.8) is 0 Å². The first-order chi connectivity index (χ1) is 11.7. The van der Waals surface area contributed by atoms with Crippen LogP contribution in [0.3, 0.4) is 0 Å². The van der Waals surface area contributed by atoms with Gasteiger partial charge >= 0.3 is 0 Å². The molecule has 0 aliphatic heterocycles. The molecule has 0 aromatic rings. The number of carbonyl (C=O) groups excluding carboxylic acids is 1. The summed E-state index contributed by atoms with van der Waals surface area (Å²) in [7, 11) is 0. The molecule has 0 saturated carbocycles. The molecule has 0 heterocycles. The SMILES string of the molecule is CCCCCCCCCCCCCCCCCCC(C)CC(N)=O. The van der Waals surface area contributed by atoms with E-state index >= 15 is 0 Å². The Hall–Kier alpha value is -0.530. The van der Waals surface area contributed by atoms with Crippen LogP contribution in [0, 0.1) is 5.92 Å². The molecule has 144 valence electrons. The van der Waals surface area contributed by atoms with Gasteiger partial charge in [-0.25, -0.2) is 0 Å². The molecule has 0 rings (SSSR count). The molecule has 0 aromatic carbocycles. The Balaban J connectivity index is 3.06. The number of nitrogens with two attached hydrogens (primary N) is 1. The average molecular weight is 340 g/mol. The summed E-state index contributed by atoms with van der Waals surface area (Å²) >= 11 is 0. The van der Waals surface area contributed by atoms with Crippen molar-refractivity contribution in [3.05, 3.63) is 0 Å². The second-order valence-corrected chi connectivity index (χ2v) is 7.87. The van der Waals surface area contributed by atoms with Gasteiger partial charge < -0.3 is 5.73 Å². The van der Waals surface area contributed by atoms with E-state index in [1.165, 1.54) is 103 Å². The van der Waals surface area contributed by atoms with Gasteiger partial charge in [-0.15, -0.1) is 0 Å². The second kappa shape index (κ2) is 18.8. The molecule has 0 aromatic heterocycles. The van der Waals surface area contributed by atoms with Gasteiger partial charge in [0.1, 0.15) is 0 Å². The van der Waals surface area contributed by atoms with Crippen molar-refractivity contribution in [2.45, 2.75) is 129 Å². The molecule has 0 saturated heterocycles. The first kappa shape index (κ1) is 23.5. The van der Waals surface area contributed by atoms with Crippen molar-refractivity contribution in [2.24, 2.45) is 11.7 Å². The molecule has 1 amide bonds. The van der Waals surface area contributed by atoms with Gasteiger partial charge in [-0.1, -0.05) is 123 Å². The highest BCUT2D eigenvalue weighted by Gasteiger charge is 2.05. The number of unbranched alkanes of at least 4 members (excludes halogenated alkanes) is 15. The van der Waals surface area contributed by atoms with E-state index in [-0.39, 0.29) is 5.91 Å². The predicted molar refractivity (Wildman–Crippen MR) is 107 cm³/mol. The molecule has 1 atom stereocenters. The van der Waals surface area contributed by atoms with Crippen LogP contribution < -0.4 is 5.73 Å². The molecule has 2 heteroatoms. The molecule has 1 unspecified atom stereocenters. The largest absolute Gasteiger partial charge is 0.370 e. The molecule has 0 fully saturated rings. The van der Waals surface area contributed by atoms with Crippen molar-refractivity contribution >= 4 is 5.91 Å². The van der Waals surface area contributed by atoms with Crippen LogP contribution in [-0.2, 0) is 4.79 Å². The highest BCUT2D eigenvalue weighted by molar-refractivity contribution is 5.73. The van der Waals surface area contributed by atoms with Gasteiger partial charge in [-0.2, -0.15) is 0 Å². The topological polar surface area (TPSA) is 43.1 Å². The maximum Gasteiger partial charge on any atom is 0.217 e. The maximum atomic E-state index is 10.8. The molecular formula is C22H45NO. The van der Waals surface area contributed by atoms with E-state index in [9.17, 15) is 4.79 Å². The predicted octanol–water partition coefficient (Wildman–Crippen LogP) is 7.15. The lowest BCUT2D eigenvalue weighted by Crippen LogP contribution is -2.14. The molecule has 0 spiro atoms. The van der Waals surface area contributed by atoms with Crippen LogP contribution in [0.4, 0.5) is 0 Å². The average Bonchev–Trinajstić information content (AvgIpc) is 2.53. The highest BCUT2D eigenvalue weighted by atomic mass is 16.1. The van der Waals surface area contributed by atoms with Gasteiger partial charge in [0.15, 0.2) is 0 Å². The van der Waals surface area contributed by atoms with Gasteiger partial charge in [-0.05, 0) is 5.92 Å². The minimum atomic E-state index is -0.154. The van der Waals surface area contributed by atoms with Crippen LogP contribution in [0.25, 0.3) is 0 Å². The van der Waals surface area contributed by atoms with Crippen molar-refractivity contribution in [1.82, 2.24) is 0 Å². The van der Waals surface area contributed by atoms with Gasteiger partial charge in [0.25, 0.3) is 0 Å². The lowest BCUT2D eigenvalue weighted by Gasteiger charge is -2.08. The van der Waals surface area contributed by atoms with E-state index < -0.39 is 0 Å². The van der Waals surface area contributed by atoms with E-state index in [1.54, 1.807) is 0 Å². The van der Waals surface area contributed by atoms with Crippen molar-refractivity contribution in [3.8, 4) is 0 Å². The van der Waals surface area contributed by atoms with Crippen LogP contribution in [0.15, 0.2) is 0 Å².